The molecular formula is C12H15NO2. The van der Waals surface area contributed by atoms with Crippen molar-refractivity contribution in [3.05, 3.63) is 34.7 Å². The zero-order valence-electron chi connectivity index (χ0n) is 9.50. The molecule has 3 heteroatoms. The number of rotatable bonds is 2. The van der Waals surface area contributed by atoms with Gasteiger partial charge in [-0.25, -0.2) is 9.78 Å². The number of carbonyl (C=O) groups excluding carboxylic acids is 1. The topological polar surface area (TPSA) is 39.2 Å². The van der Waals surface area contributed by atoms with Crippen molar-refractivity contribution in [1.82, 2.24) is 4.98 Å². The molecular weight excluding hydrogens is 190 g/mol. The van der Waals surface area contributed by atoms with E-state index in [0.29, 0.717) is 5.69 Å². The highest BCUT2D eigenvalue weighted by molar-refractivity contribution is 5.87. The van der Waals surface area contributed by atoms with E-state index in [4.69, 9.17) is 0 Å². The predicted octanol–water partition coefficient (Wildman–Crippen LogP) is 2.60. The van der Waals surface area contributed by atoms with E-state index in [-0.39, 0.29) is 0 Å². The normalized spacial score (nSPS) is 9.60. The Morgan fingerprint density at radius 1 is 1.47 bits per heavy atom. The van der Waals surface area contributed by atoms with Crippen LogP contribution in [0.1, 0.15) is 35.5 Å². The minimum absolute atomic E-state index is 0.348. The second-order valence-corrected chi connectivity index (χ2v) is 3.64. The number of aryl methyl sites for hydroxylation is 1. The molecule has 3 nitrogen and oxygen atoms in total. The summed E-state index contributed by atoms with van der Waals surface area (Å²) >= 11 is 0. The Balaban J connectivity index is 3.09. The van der Waals surface area contributed by atoms with Crippen molar-refractivity contribution in [1.29, 1.82) is 0 Å². The van der Waals surface area contributed by atoms with Gasteiger partial charge in [0.25, 0.3) is 0 Å². The number of hydrogen-bond donors (Lipinski definition) is 0. The Kier molecular flexibility index (Phi) is 3.61. The van der Waals surface area contributed by atoms with Crippen LogP contribution in [0.25, 0.3) is 6.08 Å². The molecule has 0 spiro atoms. The molecule has 1 rings (SSSR count). The van der Waals surface area contributed by atoms with E-state index in [2.05, 4.69) is 9.72 Å². The van der Waals surface area contributed by atoms with Gasteiger partial charge in [0.05, 0.1) is 7.11 Å². The number of ether oxygens (including phenoxy) is 1. The summed E-state index contributed by atoms with van der Waals surface area (Å²) in [4.78, 5) is 15.2. The van der Waals surface area contributed by atoms with Crippen molar-refractivity contribution in [2.24, 2.45) is 0 Å². The summed E-state index contributed by atoms with van der Waals surface area (Å²) in [6.45, 7) is 5.99. The first kappa shape index (κ1) is 11.4. The van der Waals surface area contributed by atoms with E-state index in [1.807, 2.05) is 26.8 Å². The van der Waals surface area contributed by atoms with Gasteiger partial charge in [0.15, 0.2) is 0 Å². The number of allylic oxidation sites excluding steroid dienone is 1. The van der Waals surface area contributed by atoms with Crippen LogP contribution in [0.3, 0.4) is 0 Å². The van der Waals surface area contributed by atoms with E-state index in [1.54, 1.807) is 12.3 Å². The molecule has 80 valence electrons. The molecule has 15 heavy (non-hydrogen) atoms. The van der Waals surface area contributed by atoms with E-state index in [9.17, 15) is 4.79 Å². The van der Waals surface area contributed by atoms with Crippen LogP contribution < -0.4 is 0 Å². The number of aromatic nitrogens is 1. The van der Waals surface area contributed by atoms with Crippen molar-refractivity contribution in [2.45, 2.75) is 20.8 Å². The van der Waals surface area contributed by atoms with E-state index in [1.165, 1.54) is 12.7 Å². The maximum atomic E-state index is 11.2. The molecule has 0 radical (unpaired) electrons. The lowest BCUT2D eigenvalue weighted by Gasteiger charge is -2.03. The van der Waals surface area contributed by atoms with E-state index in [0.717, 1.165) is 11.1 Å². The molecule has 0 aliphatic heterocycles. The van der Waals surface area contributed by atoms with Crippen LogP contribution >= 0.6 is 0 Å². The van der Waals surface area contributed by atoms with Gasteiger partial charge >= 0.3 is 5.97 Å². The molecule has 1 aromatic rings. The van der Waals surface area contributed by atoms with E-state index < -0.39 is 5.97 Å². The lowest BCUT2D eigenvalue weighted by Crippen LogP contribution is -2.04. The Hall–Kier alpha value is -1.64. The molecule has 0 aliphatic rings. The molecule has 1 aromatic heterocycles. The number of methoxy groups -OCH3 is 1. The van der Waals surface area contributed by atoms with Crippen LogP contribution in [0.2, 0.25) is 0 Å². The van der Waals surface area contributed by atoms with Crippen LogP contribution in [0.15, 0.2) is 17.8 Å². The van der Waals surface area contributed by atoms with Crippen molar-refractivity contribution in [3.63, 3.8) is 0 Å². The molecule has 0 saturated heterocycles. The van der Waals surface area contributed by atoms with Crippen molar-refractivity contribution in [3.8, 4) is 0 Å². The molecule has 0 aromatic carbocycles. The maximum absolute atomic E-state index is 11.2. The molecule has 0 atom stereocenters. The fourth-order valence-electron chi connectivity index (χ4n) is 1.24. The lowest BCUT2D eigenvalue weighted by molar-refractivity contribution is 0.0594. The number of pyridine rings is 1. The van der Waals surface area contributed by atoms with Gasteiger partial charge in [0.1, 0.15) is 5.69 Å². The third kappa shape index (κ3) is 2.91. The summed E-state index contributed by atoms with van der Waals surface area (Å²) in [6, 6.07) is 1.74. The quantitative estimate of drug-likeness (QED) is 0.696. The molecule has 0 saturated carbocycles. The van der Waals surface area contributed by atoms with Crippen LogP contribution in [0.4, 0.5) is 0 Å². The molecule has 0 amide bonds. The smallest absolute Gasteiger partial charge is 0.356 e. The van der Waals surface area contributed by atoms with Gasteiger partial charge in [-0.2, -0.15) is 0 Å². The standard InChI is InChI=1S/C12H15NO2/c1-8(2)5-10-7-13-11(6-9(10)3)12(14)15-4/h5-7H,1-4H3. The highest BCUT2D eigenvalue weighted by atomic mass is 16.5. The summed E-state index contributed by atoms with van der Waals surface area (Å²) in [5.41, 5.74) is 3.60. The van der Waals surface area contributed by atoms with Crippen LogP contribution in [-0.2, 0) is 4.74 Å². The van der Waals surface area contributed by atoms with Gasteiger partial charge in [0.2, 0.25) is 0 Å². The molecule has 0 unspecified atom stereocenters. The second-order valence-electron chi connectivity index (χ2n) is 3.64. The van der Waals surface area contributed by atoms with Gasteiger partial charge in [-0.15, -0.1) is 0 Å². The van der Waals surface area contributed by atoms with Gasteiger partial charge in [-0.1, -0.05) is 11.6 Å². The summed E-state index contributed by atoms with van der Waals surface area (Å²) in [5, 5.41) is 0. The number of esters is 1. The zero-order valence-corrected chi connectivity index (χ0v) is 9.50. The van der Waals surface area contributed by atoms with Crippen LogP contribution in [0.5, 0.6) is 0 Å². The average Bonchev–Trinajstić information content (AvgIpc) is 2.19. The first-order chi connectivity index (χ1) is 7.04. The lowest BCUT2D eigenvalue weighted by atomic mass is 10.1. The monoisotopic (exact) mass is 205 g/mol. The van der Waals surface area contributed by atoms with E-state index >= 15 is 0 Å². The number of nitrogens with zero attached hydrogens (tertiary/aromatic N) is 1. The molecule has 0 aliphatic carbocycles. The first-order valence-corrected chi connectivity index (χ1v) is 4.74. The van der Waals surface area contributed by atoms with Crippen molar-refractivity contribution < 1.29 is 9.53 Å². The molecule has 0 bridgehead atoms. The number of carbonyl (C=O) groups is 1. The largest absolute Gasteiger partial charge is 0.464 e. The fourth-order valence-corrected chi connectivity index (χ4v) is 1.24. The zero-order chi connectivity index (χ0) is 11.4. The maximum Gasteiger partial charge on any atom is 0.356 e. The Labute approximate surface area is 89.8 Å². The van der Waals surface area contributed by atoms with Gasteiger partial charge in [0, 0.05) is 6.20 Å². The number of hydrogen-bond acceptors (Lipinski definition) is 3. The highest BCUT2D eigenvalue weighted by Crippen LogP contribution is 2.12. The summed E-state index contributed by atoms with van der Waals surface area (Å²) in [5.74, 6) is -0.401. The van der Waals surface area contributed by atoms with Gasteiger partial charge in [-0.05, 0) is 38.0 Å². The predicted molar refractivity (Wildman–Crippen MR) is 59.6 cm³/mol. The Morgan fingerprint density at radius 3 is 2.60 bits per heavy atom. The first-order valence-electron chi connectivity index (χ1n) is 4.74. The SMILES string of the molecule is COC(=O)c1cc(C)c(C=C(C)C)cn1. The minimum atomic E-state index is -0.401. The molecule has 0 fully saturated rings. The minimum Gasteiger partial charge on any atom is -0.464 e. The van der Waals surface area contributed by atoms with Crippen molar-refractivity contribution >= 4 is 12.0 Å². The Morgan fingerprint density at radius 2 is 2.13 bits per heavy atom. The van der Waals surface area contributed by atoms with Crippen LogP contribution in [0, 0.1) is 6.92 Å². The highest BCUT2D eigenvalue weighted by Gasteiger charge is 2.07. The summed E-state index contributed by atoms with van der Waals surface area (Å²) in [6.07, 6.45) is 3.72. The molecule has 0 N–H and O–H groups in total. The third-order valence-corrected chi connectivity index (χ3v) is 1.99. The van der Waals surface area contributed by atoms with Crippen molar-refractivity contribution in [2.75, 3.05) is 7.11 Å². The summed E-state index contributed by atoms with van der Waals surface area (Å²) in [7, 11) is 1.35. The molecule has 1 heterocycles. The van der Waals surface area contributed by atoms with Gasteiger partial charge < -0.3 is 4.74 Å². The second kappa shape index (κ2) is 4.73. The average molecular weight is 205 g/mol. The van der Waals surface area contributed by atoms with Gasteiger partial charge in [-0.3, -0.25) is 0 Å². The Bertz CT molecular complexity index is 404. The fraction of sp³-hybridized carbons (Fsp3) is 0.333. The summed E-state index contributed by atoms with van der Waals surface area (Å²) < 4.78 is 4.60. The van der Waals surface area contributed by atoms with Crippen LogP contribution in [-0.4, -0.2) is 18.1 Å². The third-order valence-electron chi connectivity index (χ3n) is 1.99.